The molecular formula is C11H10Cl2O3. The Bertz CT molecular complexity index is 427. The molecule has 1 rings (SSSR count). The SMILES string of the molecule is COc1c(Cl)cc(Cl)cc1C/C=C/C(=O)O. The van der Waals surface area contributed by atoms with Gasteiger partial charge in [-0.25, -0.2) is 4.79 Å². The lowest BCUT2D eigenvalue weighted by Crippen LogP contribution is -1.93. The van der Waals surface area contributed by atoms with Gasteiger partial charge in [-0.2, -0.15) is 0 Å². The van der Waals surface area contributed by atoms with Gasteiger partial charge in [0, 0.05) is 16.7 Å². The van der Waals surface area contributed by atoms with Crippen LogP contribution in [0.25, 0.3) is 0 Å². The summed E-state index contributed by atoms with van der Waals surface area (Å²) in [6.07, 6.45) is 2.97. The molecule has 0 saturated carbocycles. The highest BCUT2D eigenvalue weighted by molar-refractivity contribution is 6.35. The predicted molar refractivity (Wildman–Crippen MR) is 63.5 cm³/mol. The molecule has 0 aliphatic heterocycles. The number of carboxylic acid groups (broad SMARTS) is 1. The molecule has 0 saturated heterocycles. The van der Waals surface area contributed by atoms with Crippen molar-refractivity contribution in [1.82, 2.24) is 0 Å². The van der Waals surface area contributed by atoms with E-state index in [1.54, 1.807) is 12.1 Å². The lowest BCUT2D eigenvalue weighted by Gasteiger charge is -2.09. The lowest BCUT2D eigenvalue weighted by atomic mass is 10.1. The number of halogens is 2. The number of carbonyl (C=O) groups is 1. The van der Waals surface area contributed by atoms with Crippen molar-refractivity contribution in [2.45, 2.75) is 6.42 Å². The monoisotopic (exact) mass is 260 g/mol. The lowest BCUT2D eigenvalue weighted by molar-refractivity contribution is -0.131. The van der Waals surface area contributed by atoms with Crippen molar-refractivity contribution in [3.63, 3.8) is 0 Å². The van der Waals surface area contributed by atoms with Gasteiger partial charge in [0.15, 0.2) is 0 Å². The van der Waals surface area contributed by atoms with Gasteiger partial charge in [-0.05, 0) is 18.6 Å². The molecule has 0 radical (unpaired) electrons. The van der Waals surface area contributed by atoms with Crippen LogP contribution < -0.4 is 4.74 Å². The predicted octanol–water partition coefficient (Wildman–Crippen LogP) is 3.19. The molecule has 3 nitrogen and oxygen atoms in total. The van der Waals surface area contributed by atoms with Crippen molar-refractivity contribution in [3.8, 4) is 5.75 Å². The third kappa shape index (κ3) is 3.43. The number of allylic oxidation sites excluding steroid dienone is 1. The molecule has 0 bridgehead atoms. The highest BCUT2D eigenvalue weighted by atomic mass is 35.5. The molecule has 0 aliphatic rings. The third-order valence-electron chi connectivity index (χ3n) is 1.89. The smallest absolute Gasteiger partial charge is 0.327 e. The number of rotatable bonds is 4. The average molecular weight is 261 g/mol. The van der Waals surface area contributed by atoms with Crippen LogP contribution >= 0.6 is 23.2 Å². The molecule has 0 atom stereocenters. The molecule has 0 heterocycles. The summed E-state index contributed by atoms with van der Waals surface area (Å²) in [5.74, 6) is -0.479. The molecule has 1 aromatic rings. The van der Waals surface area contributed by atoms with Crippen LogP contribution in [-0.4, -0.2) is 18.2 Å². The molecule has 1 aromatic carbocycles. The Morgan fingerprint density at radius 1 is 1.50 bits per heavy atom. The summed E-state index contributed by atoms with van der Waals surface area (Å²) < 4.78 is 5.12. The van der Waals surface area contributed by atoms with E-state index in [4.69, 9.17) is 33.0 Å². The minimum atomic E-state index is -0.993. The zero-order valence-electron chi connectivity index (χ0n) is 8.54. The number of benzene rings is 1. The molecular weight excluding hydrogens is 251 g/mol. The first-order valence-corrected chi connectivity index (χ1v) is 5.21. The quantitative estimate of drug-likeness (QED) is 0.846. The van der Waals surface area contributed by atoms with E-state index in [0.717, 1.165) is 11.6 Å². The Morgan fingerprint density at radius 3 is 2.75 bits per heavy atom. The van der Waals surface area contributed by atoms with Crippen LogP contribution in [0.5, 0.6) is 5.75 Å². The third-order valence-corrected chi connectivity index (χ3v) is 2.39. The van der Waals surface area contributed by atoms with E-state index in [1.165, 1.54) is 13.2 Å². The Kier molecular flexibility index (Phi) is 4.65. The van der Waals surface area contributed by atoms with Gasteiger partial charge in [0.25, 0.3) is 0 Å². The molecule has 86 valence electrons. The fourth-order valence-corrected chi connectivity index (χ4v) is 1.89. The Morgan fingerprint density at radius 2 is 2.19 bits per heavy atom. The number of aliphatic carboxylic acids is 1. The highest BCUT2D eigenvalue weighted by Gasteiger charge is 2.08. The fraction of sp³-hybridized carbons (Fsp3) is 0.182. The summed E-state index contributed by atoms with van der Waals surface area (Å²) in [5.41, 5.74) is 0.748. The first kappa shape index (κ1) is 12.9. The van der Waals surface area contributed by atoms with Crippen LogP contribution in [-0.2, 0) is 11.2 Å². The minimum Gasteiger partial charge on any atom is -0.495 e. The summed E-state index contributed by atoms with van der Waals surface area (Å²) >= 11 is 11.8. The number of ether oxygens (including phenoxy) is 1. The van der Waals surface area contributed by atoms with Crippen molar-refractivity contribution in [3.05, 3.63) is 39.9 Å². The van der Waals surface area contributed by atoms with Gasteiger partial charge in [0.2, 0.25) is 0 Å². The van der Waals surface area contributed by atoms with E-state index in [-0.39, 0.29) is 0 Å². The second-order valence-corrected chi connectivity index (χ2v) is 3.87. The Balaban J connectivity index is 2.98. The summed E-state index contributed by atoms with van der Waals surface area (Å²) in [6.45, 7) is 0. The molecule has 0 amide bonds. The molecule has 0 unspecified atom stereocenters. The second kappa shape index (κ2) is 5.77. The second-order valence-electron chi connectivity index (χ2n) is 3.02. The van der Waals surface area contributed by atoms with Crippen molar-refractivity contribution >= 4 is 29.2 Å². The van der Waals surface area contributed by atoms with Crippen LogP contribution in [0.2, 0.25) is 10.0 Å². The van der Waals surface area contributed by atoms with Gasteiger partial charge in [0.1, 0.15) is 5.75 Å². The van der Waals surface area contributed by atoms with E-state index in [0.29, 0.717) is 22.2 Å². The fourth-order valence-electron chi connectivity index (χ4n) is 1.28. The van der Waals surface area contributed by atoms with Crippen molar-refractivity contribution < 1.29 is 14.6 Å². The molecule has 0 spiro atoms. The first-order chi connectivity index (χ1) is 7.54. The molecule has 5 heteroatoms. The van der Waals surface area contributed by atoms with Crippen LogP contribution in [0.1, 0.15) is 5.56 Å². The van der Waals surface area contributed by atoms with Gasteiger partial charge in [0.05, 0.1) is 12.1 Å². The summed E-state index contributed by atoms with van der Waals surface area (Å²) in [5, 5.41) is 9.36. The van der Waals surface area contributed by atoms with Gasteiger partial charge in [-0.1, -0.05) is 29.3 Å². The summed E-state index contributed by atoms with van der Waals surface area (Å²) in [6, 6.07) is 3.27. The molecule has 0 fully saturated rings. The largest absolute Gasteiger partial charge is 0.495 e. The molecule has 1 N–H and O–H groups in total. The molecule has 0 aliphatic carbocycles. The Hall–Kier alpha value is -1.19. The number of methoxy groups -OCH3 is 1. The van der Waals surface area contributed by atoms with Crippen LogP contribution in [0.15, 0.2) is 24.3 Å². The number of hydrogen-bond donors (Lipinski definition) is 1. The zero-order chi connectivity index (χ0) is 12.1. The van der Waals surface area contributed by atoms with E-state index in [2.05, 4.69) is 0 Å². The van der Waals surface area contributed by atoms with Gasteiger partial charge in [-0.3, -0.25) is 0 Å². The molecule has 0 aromatic heterocycles. The maximum absolute atomic E-state index is 10.3. The standard InChI is InChI=1S/C11H10Cl2O3/c1-16-11-7(3-2-4-10(14)15)5-8(12)6-9(11)13/h2,4-6H,3H2,1H3,(H,14,15)/b4-2+. The van der Waals surface area contributed by atoms with Crippen molar-refractivity contribution in [1.29, 1.82) is 0 Å². The Labute approximate surface area is 103 Å². The van der Waals surface area contributed by atoms with Crippen molar-refractivity contribution in [2.24, 2.45) is 0 Å². The normalized spacial score (nSPS) is 10.7. The van der Waals surface area contributed by atoms with Crippen LogP contribution in [0, 0.1) is 0 Å². The number of hydrogen-bond acceptors (Lipinski definition) is 2. The van der Waals surface area contributed by atoms with E-state index >= 15 is 0 Å². The molecule has 16 heavy (non-hydrogen) atoms. The highest BCUT2D eigenvalue weighted by Crippen LogP contribution is 2.32. The van der Waals surface area contributed by atoms with Gasteiger partial charge < -0.3 is 9.84 Å². The van der Waals surface area contributed by atoms with Gasteiger partial charge in [-0.15, -0.1) is 0 Å². The maximum atomic E-state index is 10.3. The summed E-state index contributed by atoms with van der Waals surface area (Å²) in [7, 11) is 1.50. The van der Waals surface area contributed by atoms with Crippen LogP contribution in [0.3, 0.4) is 0 Å². The first-order valence-electron chi connectivity index (χ1n) is 4.46. The van der Waals surface area contributed by atoms with Crippen molar-refractivity contribution in [2.75, 3.05) is 7.11 Å². The van der Waals surface area contributed by atoms with E-state index in [1.807, 2.05) is 0 Å². The number of carboxylic acids is 1. The van der Waals surface area contributed by atoms with E-state index < -0.39 is 5.97 Å². The summed E-state index contributed by atoms with van der Waals surface area (Å²) in [4.78, 5) is 10.3. The zero-order valence-corrected chi connectivity index (χ0v) is 10.0. The minimum absolute atomic E-state index is 0.399. The maximum Gasteiger partial charge on any atom is 0.327 e. The van der Waals surface area contributed by atoms with Gasteiger partial charge >= 0.3 is 5.97 Å². The topological polar surface area (TPSA) is 46.5 Å². The van der Waals surface area contributed by atoms with Crippen LogP contribution in [0.4, 0.5) is 0 Å². The average Bonchev–Trinajstić information content (AvgIpc) is 2.16. The van der Waals surface area contributed by atoms with E-state index in [9.17, 15) is 4.79 Å².